The van der Waals surface area contributed by atoms with Crippen molar-refractivity contribution in [3.8, 4) is 0 Å². The van der Waals surface area contributed by atoms with Crippen LogP contribution in [0.5, 0.6) is 0 Å². The normalized spacial score (nSPS) is 10.8. The highest BCUT2D eigenvalue weighted by Crippen LogP contribution is 2.09. The summed E-state index contributed by atoms with van der Waals surface area (Å²) in [6, 6.07) is 0. The van der Waals surface area contributed by atoms with Crippen LogP contribution in [0.15, 0.2) is 6.20 Å². The van der Waals surface area contributed by atoms with Crippen molar-refractivity contribution in [1.29, 1.82) is 0 Å². The van der Waals surface area contributed by atoms with E-state index in [2.05, 4.69) is 23.8 Å². The summed E-state index contributed by atoms with van der Waals surface area (Å²) in [5.41, 5.74) is 6.19. The molecular weight excluding hydrogens is 166 g/mol. The molecule has 0 fully saturated rings. The maximum Gasteiger partial charge on any atom is 0.132 e. The van der Waals surface area contributed by atoms with Gasteiger partial charge in [-0.25, -0.2) is 9.97 Å². The number of aromatic nitrogens is 2. The number of rotatable bonds is 3. The van der Waals surface area contributed by atoms with Crippen molar-refractivity contribution in [2.45, 2.75) is 26.9 Å². The fourth-order valence-corrected chi connectivity index (χ4v) is 1.04. The molecule has 0 aliphatic rings. The van der Waals surface area contributed by atoms with Crippen molar-refractivity contribution < 1.29 is 5.11 Å². The number of nitrogen functional groups attached to an aromatic ring is 1. The molecule has 4 heteroatoms. The molecule has 0 radical (unpaired) electrons. The van der Waals surface area contributed by atoms with Gasteiger partial charge in [-0.1, -0.05) is 13.8 Å². The number of nitrogens with two attached hydrogens (primary N) is 1. The lowest BCUT2D eigenvalue weighted by Gasteiger charge is -2.05. The summed E-state index contributed by atoms with van der Waals surface area (Å²) in [4.78, 5) is 8.19. The first-order chi connectivity index (χ1) is 6.13. The van der Waals surface area contributed by atoms with E-state index in [-0.39, 0.29) is 6.61 Å². The van der Waals surface area contributed by atoms with E-state index in [4.69, 9.17) is 10.8 Å². The minimum atomic E-state index is -0.103. The van der Waals surface area contributed by atoms with E-state index < -0.39 is 0 Å². The molecule has 0 aliphatic heterocycles. The quantitative estimate of drug-likeness (QED) is 0.721. The Hall–Kier alpha value is -1.16. The fraction of sp³-hybridized carbons (Fsp3) is 0.556. The van der Waals surface area contributed by atoms with Crippen molar-refractivity contribution in [3.63, 3.8) is 0 Å². The van der Waals surface area contributed by atoms with Crippen LogP contribution >= 0.6 is 0 Å². The van der Waals surface area contributed by atoms with Gasteiger partial charge < -0.3 is 10.8 Å². The Bertz CT molecular complexity index is 286. The maximum atomic E-state index is 8.83. The molecule has 0 saturated heterocycles. The molecule has 0 bridgehead atoms. The first kappa shape index (κ1) is 9.92. The molecule has 0 saturated carbocycles. The molecule has 72 valence electrons. The third-order valence-electron chi connectivity index (χ3n) is 1.71. The Labute approximate surface area is 77.8 Å². The molecule has 1 aromatic heterocycles. The zero-order valence-corrected chi connectivity index (χ0v) is 7.99. The molecule has 0 aromatic carbocycles. The number of aliphatic hydroxyl groups is 1. The van der Waals surface area contributed by atoms with Gasteiger partial charge in [-0.05, 0) is 5.92 Å². The van der Waals surface area contributed by atoms with E-state index in [0.717, 1.165) is 12.2 Å². The smallest absolute Gasteiger partial charge is 0.132 e. The fourth-order valence-electron chi connectivity index (χ4n) is 1.04. The molecule has 4 nitrogen and oxygen atoms in total. The second-order valence-corrected chi connectivity index (χ2v) is 3.45. The Morgan fingerprint density at radius 3 is 2.69 bits per heavy atom. The Morgan fingerprint density at radius 2 is 2.23 bits per heavy atom. The Kier molecular flexibility index (Phi) is 3.19. The summed E-state index contributed by atoms with van der Waals surface area (Å²) in [5.74, 6) is 1.64. The standard InChI is InChI=1S/C9H15N3O/c1-6(2)3-8-11-4-7(5-13)9(10)12-8/h4,6,13H,3,5H2,1-2H3,(H2,10,11,12). The van der Waals surface area contributed by atoms with Crippen LogP contribution in [0.3, 0.4) is 0 Å². The zero-order chi connectivity index (χ0) is 9.84. The van der Waals surface area contributed by atoms with E-state index in [1.807, 2.05) is 0 Å². The number of anilines is 1. The van der Waals surface area contributed by atoms with Crippen molar-refractivity contribution >= 4 is 5.82 Å². The van der Waals surface area contributed by atoms with Crippen LogP contribution in [0.25, 0.3) is 0 Å². The second kappa shape index (κ2) is 4.18. The molecule has 13 heavy (non-hydrogen) atoms. The lowest BCUT2D eigenvalue weighted by atomic mass is 10.1. The van der Waals surface area contributed by atoms with E-state index in [1.54, 1.807) is 6.20 Å². The van der Waals surface area contributed by atoms with Gasteiger partial charge in [0.05, 0.1) is 6.61 Å². The number of hydrogen-bond acceptors (Lipinski definition) is 4. The number of nitrogens with zero attached hydrogens (tertiary/aromatic N) is 2. The minimum absolute atomic E-state index is 0.103. The molecule has 0 unspecified atom stereocenters. The summed E-state index contributed by atoms with van der Waals surface area (Å²) in [6.07, 6.45) is 2.40. The van der Waals surface area contributed by atoms with Gasteiger partial charge in [0.2, 0.25) is 0 Å². The SMILES string of the molecule is CC(C)Cc1ncc(CO)c(N)n1. The van der Waals surface area contributed by atoms with Gasteiger partial charge in [-0.2, -0.15) is 0 Å². The highest BCUT2D eigenvalue weighted by molar-refractivity contribution is 5.36. The summed E-state index contributed by atoms with van der Waals surface area (Å²) in [6.45, 7) is 4.09. The number of hydrogen-bond donors (Lipinski definition) is 2. The molecule has 0 aliphatic carbocycles. The van der Waals surface area contributed by atoms with Gasteiger partial charge >= 0.3 is 0 Å². The zero-order valence-electron chi connectivity index (χ0n) is 7.99. The highest BCUT2D eigenvalue weighted by Gasteiger charge is 2.04. The molecule has 1 heterocycles. The van der Waals surface area contributed by atoms with E-state index in [9.17, 15) is 0 Å². The summed E-state index contributed by atoms with van der Waals surface area (Å²) in [7, 11) is 0. The monoisotopic (exact) mass is 181 g/mol. The lowest BCUT2D eigenvalue weighted by molar-refractivity contribution is 0.281. The van der Waals surface area contributed by atoms with Crippen LogP contribution in [0.2, 0.25) is 0 Å². The van der Waals surface area contributed by atoms with Crippen LogP contribution in [-0.4, -0.2) is 15.1 Å². The third kappa shape index (κ3) is 2.66. The minimum Gasteiger partial charge on any atom is -0.391 e. The van der Waals surface area contributed by atoms with Crippen molar-refractivity contribution in [1.82, 2.24) is 9.97 Å². The summed E-state index contributed by atoms with van der Waals surface area (Å²) in [5, 5.41) is 8.83. The predicted molar refractivity (Wildman–Crippen MR) is 50.9 cm³/mol. The maximum absolute atomic E-state index is 8.83. The van der Waals surface area contributed by atoms with Crippen molar-refractivity contribution in [2.24, 2.45) is 5.92 Å². The molecule has 0 spiro atoms. The van der Waals surface area contributed by atoms with Crippen LogP contribution < -0.4 is 5.73 Å². The van der Waals surface area contributed by atoms with Gasteiger partial charge in [0.15, 0.2) is 0 Å². The largest absolute Gasteiger partial charge is 0.391 e. The van der Waals surface area contributed by atoms with Gasteiger partial charge in [-0.3, -0.25) is 0 Å². The lowest BCUT2D eigenvalue weighted by Crippen LogP contribution is -2.06. The average Bonchev–Trinajstić information content (AvgIpc) is 2.03. The van der Waals surface area contributed by atoms with Crippen LogP contribution in [0.1, 0.15) is 25.2 Å². The van der Waals surface area contributed by atoms with E-state index in [0.29, 0.717) is 17.3 Å². The molecule has 1 aromatic rings. The first-order valence-corrected chi connectivity index (χ1v) is 4.34. The van der Waals surface area contributed by atoms with Crippen LogP contribution in [-0.2, 0) is 13.0 Å². The summed E-state index contributed by atoms with van der Waals surface area (Å²) < 4.78 is 0. The van der Waals surface area contributed by atoms with Crippen LogP contribution in [0, 0.1) is 5.92 Å². The van der Waals surface area contributed by atoms with Gasteiger partial charge in [-0.15, -0.1) is 0 Å². The van der Waals surface area contributed by atoms with Gasteiger partial charge in [0, 0.05) is 18.2 Å². The average molecular weight is 181 g/mol. The van der Waals surface area contributed by atoms with Gasteiger partial charge in [0.1, 0.15) is 11.6 Å². The highest BCUT2D eigenvalue weighted by atomic mass is 16.3. The third-order valence-corrected chi connectivity index (χ3v) is 1.71. The second-order valence-electron chi connectivity index (χ2n) is 3.45. The van der Waals surface area contributed by atoms with Crippen molar-refractivity contribution in [3.05, 3.63) is 17.6 Å². The number of aliphatic hydroxyl groups excluding tert-OH is 1. The molecular formula is C9H15N3O. The Balaban J connectivity index is 2.83. The van der Waals surface area contributed by atoms with Crippen LogP contribution in [0.4, 0.5) is 5.82 Å². The molecule has 3 N–H and O–H groups in total. The van der Waals surface area contributed by atoms with Gasteiger partial charge in [0.25, 0.3) is 0 Å². The van der Waals surface area contributed by atoms with E-state index >= 15 is 0 Å². The topological polar surface area (TPSA) is 72.0 Å². The molecule has 0 atom stereocenters. The molecule has 0 amide bonds. The summed E-state index contributed by atoms with van der Waals surface area (Å²) >= 11 is 0. The van der Waals surface area contributed by atoms with E-state index in [1.165, 1.54) is 0 Å². The first-order valence-electron chi connectivity index (χ1n) is 4.34. The Morgan fingerprint density at radius 1 is 1.54 bits per heavy atom. The predicted octanol–water partition coefficient (Wildman–Crippen LogP) is 0.750. The molecule has 1 rings (SSSR count). The van der Waals surface area contributed by atoms with Crippen molar-refractivity contribution in [2.75, 3.05) is 5.73 Å².